The second kappa shape index (κ2) is 8.93. The molecule has 0 aliphatic heterocycles. The summed E-state index contributed by atoms with van der Waals surface area (Å²) in [5, 5.41) is 8.62. The monoisotopic (exact) mass is 253 g/mol. The minimum absolute atomic E-state index is 0.122. The van der Waals surface area contributed by atoms with E-state index in [-0.39, 0.29) is 17.9 Å². The number of nitrogens with two attached hydrogens (primary N) is 1. The summed E-state index contributed by atoms with van der Waals surface area (Å²) < 4.78 is 0. The van der Waals surface area contributed by atoms with Crippen LogP contribution in [-0.4, -0.2) is 29.9 Å². The van der Waals surface area contributed by atoms with E-state index in [1.807, 2.05) is 13.8 Å². The van der Waals surface area contributed by atoms with Crippen LogP contribution in [0.2, 0.25) is 0 Å². The van der Waals surface area contributed by atoms with E-state index in [9.17, 15) is 4.79 Å². The predicted molar refractivity (Wildman–Crippen MR) is 73.7 cm³/mol. The number of nitrogens with zero attached hydrogens (tertiary/aromatic N) is 2. The van der Waals surface area contributed by atoms with Gasteiger partial charge in [-0.3, -0.25) is 4.79 Å². The fourth-order valence-electron chi connectivity index (χ4n) is 2.14. The molecule has 0 heterocycles. The van der Waals surface area contributed by atoms with Crippen LogP contribution in [0.5, 0.6) is 0 Å². The summed E-state index contributed by atoms with van der Waals surface area (Å²) in [5.41, 5.74) is 5.72. The Labute approximate surface area is 111 Å². The predicted octanol–water partition coefficient (Wildman–Crippen LogP) is 2.15. The van der Waals surface area contributed by atoms with Gasteiger partial charge in [0, 0.05) is 19.0 Å². The zero-order chi connectivity index (χ0) is 14.1. The summed E-state index contributed by atoms with van der Waals surface area (Å²) in [6.07, 6.45) is 1.87. The lowest BCUT2D eigenvalue weighted by Gasteiger charge is -2.28. The van der Waals surface area contributed by atoms with E-state index in [1.165, 1.54) is 0 Å². The van der Waals surface area contributed by atoms with Crippen LogP contribution in [0.15, 0.2) is 0 Å². The molecule has 0 aliphatic carbocycles. The molecule has 4 nitrogen and oxygen atoms in total. The summed E-state index contributed by atoms with van der Waals surface area (Å²) in [6.45, 7) is 9.32. The highest BCUT2D eigenvalue weighted by Crippen LogP contribution is 2.16. The summed E-state index contributed by atoms with van der Waals surface area (Å²) in [4.78, 5) is 14.0. The Morgan fingerprint density at radius 2 is 1.94 bits per heavy atom. The highest BCUT2D eigenvalue weighted by atomic mass is 16.2. The van der Waals surface area contributed by atoms with Crippen molar-refractivity contribution in [3.63, 3.8) is 0 Å². The highest BCUT2D eigenvalue weighted by molar-refractivity contribution is 5.76. The van der Waals surface area contributed by atoms with Gasteiger partial charge in [0.05, 0.1) is 12.5 Å². The summed E-state index contributed by atoms with van der Waals surface area (Å²) in [6, 6.07) is 2.23. The number of hydrogen-bond donors (Lipinski definition) is 1. The maximum absolute atomic E-state index is 12.2. The summed E-state index contributed by atoms with van der Waals surface area (Å²) >= 11 is 0. The minimum atomic E-state index is 0.122. The van der Waals surface area contributed by atoms with Crippen molar-refractivity contribution in [2.75, 3.05) is 13.1 Å². The van der Waals surface area contributed by atoms with E-state index < -0.39 is 0 Å². The standard InChI is InChI=1S/C14H27N3O/c1-11(2)8-13(10-16)9-14(18)17(12(3)4)7-5-6-15/h11-13H,5,7-10,16H2,1-4H3/t13-/m0/s1. The van der Waals surface area contributed by atoms with Crippen molar-refractivity contribution in [2.45, 2.75) is 53.0 Å². The normalized spacial score (nSPS) is 12.6. The first-order chi connectivity index (χ1) is 8.42. The first-order valence-electron chi connectivity index (χ1n) is 6.78. The summed E-state index contributed by atoms with van der Waals surface area (Å²) in [7, 11) is 0. The zero-order valence-corrected chi connectivity index (χ0v) is 12.1. The molecule has 0 rings (SSSR count). The van der Waals surface area contributed by atoms with E-state index in [0.717, 1.165) is 6.42 Å². The molecule has 0 bridgehead atoms. The van der Waals surface area contributed by atoms with Crippen LogP contribution >= 0.6 is 0 Å². The molecule has 104 valence electrons. The van der Waals surface area contributed by atoms with Gasteiger partial charge >= 0.3 is 0 Å². The average Bonchev–Trinajstić information content (AvgIpc) is 2.27. The van der Waals surface area contributed by atoms with Gasteiger partial charge in [-0.2, -0.15) is 5.26 Å². The van der Waals surface area contributed by atoms with Crippen LogP contribution in [-0.2, 0) is 4.79 Å². The molecule has 4 heteroatoms. The van der Waals surface area contributed by atoms with Crippen molar-refractivity contribution in [3.8, 4) is 6.07 Å². The second-order valence-electron chi connectivity index (χ2n) is 5.52. The molecule has 0 aromatic rings. The Hall–Kier alpha value is -1.08. The van der Waals surface area contributed by atoms with Crippen LogP contribution < -0.4 is 5.73 Å². The van der Waals surface area contributed by atoms with E-state index in [4.69, 9.17) is 11.0 Å². The minimum Gasteiger partial charge on any atom is -0.339 e. The van der Waals surface area contributed by atoms with E-state index in [1.54, 1.807) is 4.90 Å². The Morgan fingerprint density at radius 1 is 1.33 bits per heavy atom. The smallest absolute Gasteiger partial charge is 0.223 e. The van der Waals surface area contributed by atoms with E-state index >= 15 is 0 Å². The van der Waals surface area contributed by atoms with Crippen molar-refractivity contribution in [1.29, 1.82) is 5.26 Å². The van der Waals surface area contributed by atoms with Crippen molar-refractivity contribution in [3.05, 3.63) is 0 Å². The quantitative estimate of drug-likeness (QED) is 0.720. The Kier molecular flexibility index (Phi) is 8.40. The number of carbonyl (C=O) groups excluding carboxylic acids is 1. The molecule has 1 atom stereocenters. The van der Waals surface area contributed by atoms with Gasteiger partial charge in [-0.25, -0.2) is 0 Å². The topological polar surface area (TPSA) is 70.1 Å². The lowest BCUT2D eigenvalue weighted by molar-refractivity contribution is -0.133. The zero-order valence-electron chi connectivity index (χ0n) is 12.1. The van der Waals surface area contributed by atoms with Crippen LogP contribution in [0.3, 0.4) is 0 Å². The lowest BCUT2D eigenvalue weighted by Crippen LogP contribution is -2.39. The number of carbonyl (C=O) groups is 1. The maximum Gasteiger partial charge on any atom is 0.223 e. The van der Waals surface area contributed by atoms with Gasteiger partial charge in [0.25, 0.3) is 0 Å². The SMILES string of the molecule is CC(C)C[C@H](CN)CC(=O)N(CCC#N)C(C)C. The third-order valence-corrected chi connectivity index (χ3v) is 3.01. The molecule has 0 saturated carbocycles. The molecule has 0 unspecified atom stereocenters. The molecule has 2 N–H and O–H groups in total. The Bertz CT molecular complexity index is 281. The van der Waals surface area contributed by atoms with Crippen LogP contribution in [0.1, 0.15) is 47.0 Å². The second-order valence-corrected chi connectivity index (χ2v) is 5.52. The number of nitriles is 1. The van der Waals surface area contributed by atoms with Gasteiger partial charge in [-0.15, -0.1) is 0 Å². The lowest BCUT2D eigenvalue weighted by atomic mass is 9.93. The van der Waals surface area contributed by atoms with E-state index in [0.29, 0.717) is 31.8 Å². The summed E-state index contributed by atoms with van der Waals surface area (Å²) in [5.74, 6) is 0.926. The van der Waals surface area contributed by atoms with Crippen molar-refractivity contribution in [1.82, 2.24) is 4.90 Å². The van der Waals surface area contributed by atoms with Crippen LogP contribution in [0.4, 0.5) is 0 Å². The maximum atomic E-state index is 12.2. The molecule has 0 saturated heterocycles. The number of hydrogen-bond acceptors (Lipinski definition) is 3. The molecule has 0 aromatic carbocycles. The van der Waals surface area contributed by atoms with Gasteiger partial charge in [0.2, 0.25) is 5.91 Å². The molecular formula is C14H27N3O. The van der Waals surface area contributed by atoms with Gasteiger partial charge < -0.3 is 10.6 Å². The van der Waals surface area contributed by atoms with Gasteiger partial charge in [-0.05, 0) is 38.6 Å². The molecule has 0 aromatic heterocycles. The van der Waals surface area contributed by atoms with Gasteiger partial charge in [-0.1, -0.05) is 13.8 Å². The van der Waals surface area contributed by atoms with Crippen LogP contribution in [0.25, 0.3) is 0 Å². The first-order valence-corrected chi connectivity index (χ1v) is 6.78. The number of rotatable bonds is 8. The fourth-order valence-corrected chi connectivity index (χ4v) is 2.14. The number of amides is 1. The van der Waals surface area contributed by atoms with Gasteiger partial charge in [0.1, 0.15) is 0 Å². The third-order valence-electron chi connectivity index (χ3n) is 3.01. The molecular weight excluding hydrogens is 226 g/mol. The molecule has 18 heavy (non-hydrogen) atoms. The van der Waals surface area contributed by atoms with Crippen LogP contribution in [0, 0.1) is 23.2 Å². The largest absolute Gasteiger partial charge is 0.339 e. The molecule has 0 aliphatic rings. The van der Waals surface area contributed by atoms with Crippen molar-refractivity contribution in [2.24, 2.45) is 17.6 Å². The average molecular weight is 253 g/mol. The Balaban J connectivity index is 4.43. The molecule has 0 radical (unpaired) electrons. The van der Waals surface area contributed by atoms with Gasteiger partial charge in [0.15, 0.2) is 0 Å². The third kappa shape index (κ3) is 6.61. The molecule has 1 amide bonds. The van der Waals surface area contributed by atoms with Crippen molar-refractivity contribution < 1.29 is 4.79 Å². The Morgan fingerprint density at radius 3 is 2.33 bits per heavy atom. The molecule has 0 spiro atoms. The first kappa shape index (κ1) is 16.9. The fraction of sp³-hybridized carbons (Fsp3) is 0.857. The highest BCUT2D eigenvalue weighted by Gasteiger charge is 2.20. The molecule has 0 fully saturated rings. The van der Waals surface area contributed by atoms with Crippen molar-refractivity contribution >= 4 is 5.91 Å². The van der Waals surface area contributed by atoms with E-state index in [2.05, 4.69) is 19.9 Å².